The molecule has 1 atom stereocenters. The van der Waals surface area contributed by atoms with Gasteiger partial charge in [0.25, 0.3) is 0 Å². The van der Waals surface area contributed by atoms with Gasteiger partial charge in [-0.25, -0.2) is 4.98 Å². The van der Waals surface area contributed by atoms with Crippen molar-refractivity contribution in [3.63, 3.8) is 0 Å². The van der Waals surface area contributed by atoms with Crippen LogP contribution in [0.1, 0.15) is 44.1 Å². The molecular formula is C16H21BrClN3. The highest BCUT2D eigenvalue weighted by molar-refractivity contribution is 9.10. The number of imidazole rings is 1. The Morgan fingerprint density at radius 3 is 2.86 bits per heavy atom. The Kier molecular flexibility index (Phi) is 6.27. The molecule has 0 bridgehead atoms. The van der Waals surface area contributed by atoms with Crippen molar-refractivity contribution >= 4 is 27.5 Å². The van der Waals surface area contributed by atoms with E-state index in [1.807, 2.05) is 24.5 Å². The molecular weight excluding hydrogens is 350 g/mol. The molecule has 114 valence electrons. The fourth-order valence-electron chi connectivity index (χ4n) is 2.38. The van der Waals surface area contributed by atoms with Gasteiger partial charge in [0.2, 0.25) is 0 Å². The van der Waals surface area contributed by atoms with Crippen molar-refractivity contribution in [3.05, 3.63) is 51.5 Å². The van der Waals surface area contributed by atoms with Gasteiger partial charge in [0.15, 0.2) is 0 Å². The van der Waals surface area contributed by atoms with Gasteiger partial charge in [-0.3, -0.25) is 0 Å². The van der Waals surface area contributed by atoms with Crippen LogP contribution >= 0.6 is 27.5 Å². The number of benzene rings is 1. The van der Waals surface area contributed by atoms with E-state index < -0.39 is 0 Å². The lowest BCUT2D eigenvalue weighted by Gasteiger charge is -2.21. The van der Waals surface area contributed by atoms with E-state index in [0.29, 0.717) is 0 Å². The monoisotopic (exact) mass is 369 g/mol. The molecule has 0 saturated heterocycles. The van der Waals surface area contributed by atoms with Gasteiger partial charge in [0.05, 0.1) is 6.04 Å². The zero-order valence-electron chi connectivity index (χ0n) is 12.4. The highest BCUT2D eigenvalue weighted by atomic mass is 79.9. The van der Waals surface area contributed by atoms with Gasteiger partial charge in [0.1, 0.15) is 5.82 Å². The van der Waals surface area contributed by atoms with Crippen molar-refractivity contribution < 1.29 is 0 Å². The predicted molar refractivity (Wildman–Crippen MR) is 91.8 cm³/mol. The van der Waals surface area contributed by atoms with E-state index >= 15 is 0 Å². The maximum absolute atomic E-state index is 6.42. The van der Waals surface area contributed by atoms with Crippen LogP contribution in [-0.4, -0.2) is 16.1 Å². The molecule has 1 heterocycles. The Hall–Kier alpha value is -0.840. The highest BCUT2D eigenvalue weighted by Gasteiger charge is 2.21. The minimum atomic E-state index is 0.0106. The van der Waals surface area contributed by atoms with Gasteiger partial charge < -0.3 is 9.88 Å². The minimum absolute atomic E-state index is 0.0106. The summed E-state index contributed by atoms with van der Waals surface area (Å²) in [5.41, 5.74) is 1.06. The van der Waals surface area contributed by atoms with Gasteiger partial charge >= 0.3 is 0 Å². The smallest absolute Gasteiger partial charge is 0.130 e. The number of hydrogen-bond acceptors (Lipinski definition) is 2. The zero-order chi connectivity index (χ0) is 15.2. The fraction of sp³-hybridized carbons (Fsp3) is 0.438. The molecule has 2 rings (SSSR count). The maximum atomic E-state index is 6.42. The minimum Gasteiger partial charge on any atom is -0.333 e. The summed E-state index contributed by atoms with van der Waals surface area (Å²) in [6.07, 6.45) is 6.04. The SMILES string of the molecule is CCCNC(c1cc(Br)ccc1Cl)c1nccn1CCC. The summed E-state index contributed by atoms with van der Waals surface area (Å²) >= 11 is 9.95. The number of nitrogens with one attached hydrogen (secondary N) is 1. The summed E-state index contributed by atoms with van der Waals surface area (Å²) in [6, 6.07) is 5.97. The molecule has 0 amide bonds. The molecule has 0 fully saturated rings. The van der Waals surface area contributed by atoms with Crippen molar-refractivity contribution in [1.82, 2.24) is 14.9 Å². The summed E-state index contributed by atoms with van der Waals surface area (Å²) < 4.78 is 3.23. The third-order valence-corrected chi connectivity index (χ3v) is 4.18. The van der Waals surface area contributed by atoms with E-state index in [1.54, 1.807) is 0 Å². The van der Waals surface area contributed by atoms with E-state index in [0.717, 1.165) is 46.8 Å². The van der Waals surface area contributed by atoms with Gasteiger partial charge in [-0.05, 0) is 43.1 Å². The van der Waals surface area contributed by atoms with Crippen LogP contribution in [0.4, 0.5) is 0 Å². The zero-order valence-corrected chi connectivity index (χ0v) is 14.8. The molecule has 1 N–H and O–H groups in total. The van der Waals surface area contributed by atoms with Crippen molar-refractivity contribution in [2.24, 2.45) is 0 Å². The van der Waals surface area contributed by atoms with Crippen LogP contribution in [0.3, 0.4) is 0 Å². The molecule has 3 nitrogen and oxygen atoms in total. The molecule has 1 aromatic carbocycles. The number of nitrogens with zero attached hydrogens (tertiary/aromatic N) is 2. The molecule has 0 spiro atoms. The van der Waals surface area contributed by atoms with Crippen molar-refractivity contribution in [3.8, 4) is 0 Å². The van der Waals surface area contributed by atoms with Crippen LogP contribution in [-0.2, 0) is 6.54 Å². The Labute approximate surface area is 139 Å². The first-order valence-corrected chi connectivity index (χ1v) is 8.53. The Balaban J connectivity index is 2.42. The molecule has 1 aromatic heterocycles. The molecule has 2 aromatic rings. The van der Waals surface area contributed by atoms with Gasteiger partial charge in [-0.1, -0.05) is 41.4 Å². The lowest BCUT2D eigenvalue weighted by atomic mass is 10.1. The first kappa shape index (κ1) is 16.5. The number of rotatable bonds is 7. The second-order valence-corrected chi connectivity index (χ2v) is 6.35. The summed E-state index contributed by atoms with van der Waals surface area (Å²) in [6.45, 7) is 6.22. The first-order chi connectivity index (χ1) is 10.2. The van der Waals surface area contributed by atoms with E-state index in [1.165, 1.54) is 0 Å². The second kappa shape index (κ2) is 7.97. The number of halogens is 2. The van der Waals surface area contributed by atoms with Crippen molar-refractivity contribution in [2.75, 3.05) is 6.54 Å². The lowest BCUT2D eigenvalue weighted by molar-refractivity contribution is 0.530. The van der Waals surface area contributed by atoms with Crippen LogP contribution < -0.4 is 5.32 Å². The largest absolute Gasteiger partial charge is 0.333 e. The third kappa shape index (κ3) is 4.09. The van der Waals surface area contributed by atoms with Crippen LogP contribution in [0.25, 0.3) is 0 Å². The Morgan fingerprint density at radius 2 is 2.14 bits per heavy atom. The molecule has 0 aliphatic rings. The molecule has 0 aliphatic carbocycles. The standard InChI is InChI=1S/C16H21BrClN3/c1-3-7-19-15(13-11-12(17)5-6-14(13)18)16-20-8-10-21(16)9-4-2/h5-6,8,10-11,15,19H,3-4,7,9H2,1-2H3. The predicted octanol–water partition coefficient (Wildman–Crippen LogP) is 4.80. The molecule has 21 heavy (non-hydrogen) atoms. The van der Waals surface area contributed by atoms with Crippen LogP contribution in [0.2, 0.25) is 5.02 Å². The second-order valence-electron chi connectivity index (χ2n) is 5.03. The van der Waals surface area contributed by atoms with Crippen molar-refractivity contribution in [2.45, 2.75) is 39.3 Å². The molecule has 5 heteroatoms. The van der Waals surface area contributed by atoms with E-state index in [2.05, 4.69) is 50.7 Å². The summed E-state index contributed by atoms with van der Waals surface area (Å²) in [4.78, 5) is 4.56. The van der Waals surface area contributed by atoms with E-state index in [-0.39, 0.29) is 6.04 Å². The first-order valence-electron chi connectivity index (χ1n) is 7.36. The van der Waals surface area contributed by atoms with Gasteiger partial charge in [-0.2, -0.15) is 0 Å². The van der Waals surface area contributed by atoms with Gasteiger partial charge in [0, 0.05) is 28.4 Å². The number of hydrogen-bond donors (Lipinski definition) is 1. The lowest BCUT2D eigenvalue weighted by Crippen LogP contribution is -2.26. The third-order valence-electron chi connectivity index (χ3n) is 3.34. The maximum Gasteiger partial charge on any atom is 0.130 e. The van der Waals surface area contributed by atoms with Gasteiger partial charge in [-0.15, -0.1) is 0 Å². The van der Waals surface area contributed by atoms with E-state index in [4.69, 9.17) is 11.6 Å². The van der Waals surface area contributed by atoms with Crippen LogP contribution in [0.5, 0.6) is 0 Å². The molecule has 1 unspecified atom stereocenters. The summed E-state index contributed by atoms with van der Waals surface area (Å²) in [7, 11) is 0. The average molecular weight is 371 g/mol. The molecule has 0 radical (unpaired) electrons. The number of aryl methyl sites for hydroxylation is 1. The number of aromatic nitrogens is 2. The average Bonchev–Trinajstić information content (AvgIpc) is 2.92. The normalized spacial score (nSPS) is 12.6. The molecule has 0 aliphatic heterocycles. The summed E-state index contributed by atoms with van der Waals surface area (Å²) in [5, 5.41) is 4.33. The van der Waals surface area contributed by atoms with E-state index in [9.17, 15) is 0 Å². The van der Waals surface area contributed by atoms with Crippen LogP contribution in [0.15, 0.2) is 35.1 Å². The molecule has 0 saturated carbocycles. The fourth-order valence-corrected chi connectivity index (χ4v) is 2.98. The van der Waals surface area contributed by atoms with Crippen molar-refractivity contribution in [1.29, 1.82) is 0 Å². The Morgan fingerprint density at radius 1 is 1.33 bits per heavy atom. The summed E-state index contributed by atoms with van der Waals surface area (Å²) in [5.74, 6) is 1.02. The Bertz CT molecular complexity index is 583. The topological polar surface area (TPSA) is 29.9 Å². The quantitative estimate of drug-likeness (QED) is 0.759. The highest BCUT2D eigenvalue weighted by Crippen LogP contribution is 2.30. The van der Waals surface area contributed by atoms with Crippen LogP contribution in [0, 0.1) is 0 Å².